The summed E-state index contributed by atoms with van der Waals surface area (Å²) < 4.78 is 0. The highest BCUT2D eigenvalue weighted by molar-refractivity contribution is 5.93. The Morgan fingerprint density at radius 2 is 2.04 bits per heavy atom. The summed E-state index contributed by atoms with van der Waals surface area (Å²) >= 11 is 0. The van der Waals surface area contributed by atoms with Gasteiger partial charge < -0.3 is 9.80 Å². The van der Waals surface area contributed by atoms with E-state index >= 15 is 0 Å². The molecule has 3 rings (SSSR count). The molecule has 0 saturated carbocycles. The fraction of sp³-hybridized carbons (Fsp3) is 0.476. The van der Waals surface area contributed by atoms with Crippen molar-refractivity contribution in [2.45, 2.75) is 45.1 Å². The number of amides is 1. The van der Waals surface area contributed by atoms with Crippen LogP contribution in [0.25, 0.3) is 0 Å². The lowest BCUT2D eigenvalue weighted by atomic mass is 10.00. The van der Waals surface area contributed by atoms with Crippen LogP contribution in [0.2, 0.25) is 0 Å². The van der Waals surface area contributed by atoms with Gasteiger partial charge in [-0.1, -0.05) is 6.92 Å². The van der Waals surface area contributed by atoms with Gasteiger partial charge in [-0.2, -0.15) is 0 Å². The van der Waals surface area contributed by atoms with E-state index in [9.17, 15) is 4.79 Å². The Morgan fingerprint density at radius 3 is 2.73 bits per heavy atom. The van der Waals surface area contributed by atoms with Gasteiger partial charge in [0.25, 0.3) is 5.91 Å². The van der Waals surface area contributed by atoms with Gasteiger partial charge in [-0.15, -0.1) is 0 Å². The zero-order chi connectivity index (χ0) is 18.4. The van der Waals surface area contributed by atoms with Crippen molar-refractivity contribution in [2.24, 2.45) is 0 Å². The Bertz CT molecular complexity index is 702. The van der Waals surface area contributed by atoms with Crippen LogP contribution in [0.4, 0.5) is 5.82 Å². The van der Waals surface area contributed by atoms with Crippen molar-refractivity contribution in [3.63, 3.8) is 0 Å². The van der Waals surface area contributed by atoms with Crippen molar-refractivity contribution < 1.29 is 4.79 Å². The number of hydrogen-bond donors (Lipinski definition) is 0. The Balaban J connectivity index is 1.61. The van der Waals surface area contributed by atoms with E-state index in [2.05, 4.69) is 21.8 Å². The van der Waals surface area contributed by atoms with Crippen LogP contribution in [0.3, 0.4) is 0 Å². The van der Waals surface area contributed by atoms with E-state index in [1.165, 1.54) is 24.8 Å². The van der Waals surface area contributed by atoms with Crippen molar-refractivity contribution >= 4 is 11.7 Å². The molecule has 2 aromatic heterocycles. The fourth-order valence-electron chi connectivity index (χ4n) is 3.58. The summed E-state index contributed by atoms with van der Waals surface area (Å²) in [5.41, 5.74) is 1.83. The van der Waals surface area contributed by atoms with E-state index < -0.39 is 0 Å². The van der Waals surface area contributed by atoms with Gasteiger partial charge in [0.2, 0.25) is 0 Å². The number of anilines is 1. The molecule has 5 heteroatoms. The molecule has 26 heavy (non-hydrogen) atoms. The lowest BCUT2D eigenvalue weighted by molar-refractivity contribution is 0.0796. The minimum Gasteiger partial charge on any atom is -0.354 e. The summed E-state index contributed by atoms with van der Waals surface area (Å²) in [6.07, 6.45) is 11.0. The van der Waals surface area contributed by atoms with E-state index in [1.54, 1.807) is 23.5 Å². The lowest BCUT2D eigenvalue weighted by Crippen LogP contribution is -2.39. The molecule has 1 aliphatic heterocycles. The third-order valence-electron chi connectivity index (χ3n) is 5.22. The Labute approximate surface area is 156 Å². The number of nitrogens with zero attached hydrogens (tertiary/aromatic N) is 4. The summed E-state index contributed by atoms with van der Waals surface area (Å²) in [6.45, 7) is 3.97. The van der Waals surface area contributed by atoms with Crippen LogP contribution < -0.4 is 4.90 Å². The molecule has 1 fully saturated rings. The number of hydrogen-bond acceptors (Lipinski definition) is 4. The third-order valence-corrected chi connectivity index (χ3v) is 5.22. The minimum atomic E-state index is 0.0174. The Morgan fingerprint density at radius 1 is 1.23 bits per heavy atom. The molecule has 1 amide bonds. The number of carbonyl (C=O) groups is 1. The standard InChI is InChI=1S/C21H28N4O/c1-3-19-6-4-5-14-25(19)20-8-7-18(16-23-20)21(26)24(2)15-11-17-9-12-22-13-10-17/h7-10,12-13,16,19H,3-6,11,14-15H2,1-2H3. The predicted molar refractivity (Wildman–Crippen MR) is 104 cm³/mol. The summed E-state index contributed by atoms with van der Waals surface area (Å²) in [7, 11) is 1.84. The second-order valence-corrected chi connectivity index (χ2v) is 6.99. The second kappa shape index (κ2) is 8.79. The van der Waals surface area contributed by atoms with Gasteiger partial charge in [0, 0.05) is 44.8 Å². The Kier molecular flexibility index (Phi) is 6.21. The zero-order valence-electron chi connectivity index (χ0n) is 15.8. The first-order valence-corrected chi connectivity index (χ1v) is 9.56. The van der Waals surface area contributed by atoms with Crippen LogP contribution in [0.5, 0.6) is 0 Å². The van der Waals surface area contributed by atoms with E-state index in [-0.39, 0.29) is 5.91 Å². The number of piperidine rings is 1. The average molecular weight is 352 g/mol. The van der Waals surface area contributed by atoms with Crippen molar-refractivity contribution in [3.8, 4) is 0 Å². The van der Waals surface area contributed by atoms with Crippen LogP contribution >= 0.6 is 0 Å². The van der Waals surface area contributed by atoms with Crippen LogP contribution in [0.1, 0.15) is 48.5 Å². The Hall–Kier alpha value is -2.43. The first-order valence-electron chi connectivity index (χ1n) is 9.56. The first kappa shape index (κ1) is 18.4. The molecule has 1 atom stereocenters. The van der Waals surface area contributed by atoms with Gasteiger partial charge in [-0.05, 0) is 61.9 Å². The number of pyridine rings is 2. The number of rotatable bonds is 6. The number of aromatic nitrogens is 2. The van der Waals surface area contributed by atoms with Crippen LogP contribution in [-0.4, -0.2) is 47.0 Å². The summed E-state index contributed by atoms with van der Waals surface area (Å²) in [5.74, 6) is 1.01. The summed E-state index contributed by atoms with van der Waals surface area (Å²) in [5, 5.41) is 0. The predicted octanol–water partition coefficient (Wildman–Crippen LogP) is 3.56. The third kappa shape index (κ3) is 4.40. The maximum absolute atomic E-state index is 12.6. The minimum absolute atomic E-state index is 0.0174. The SMILES string of the molecule is CCC1CCCCN1c1ccc(C(=O)N(C)CCc2ccncc2)cn1. The molecule has 1 unspecified atom stereocenters. The maximum Gasteiger partial charge on any atom is 0.255 e. The molecular weight excluding hydrogens is 324 g/mol. The highest BCUT2D eigenvalue weighted by atomic mass is 16.2. The van der Waals surface area contributed by atoms with Crippen LogP contribution in [0, 0.1) is 0 Å². The first-order chi connectivity index (χ1) is 12.7. The van der Waals surface area contributed by atoms with Gasteiger partial charge in [-0.3, -0.25) is 9.78 Å². The van der Waals surface area contributed by atoms with Crippen molar-refractivity contribution in [2.75, 3.05) is 25.0 Å². The largest absolute Gasteiger partial charge is 0.354 e. The van der Waals surface area contributed by atoms with Gasteiger partial charge in [-0.25, -0.2) is 4.98 Å². The average Bonchev–Trinajstić information content (AvgIpc) is 2.72. The molecule has 0 aromatic carbocycles. The van der Waals surface area contributed by atoms with Crippen molar-refractivity contribution in [1.29, 1.82) is 0 Å². The maximum atomic E-state index is 12.6. The van der Waals surface area contributed by atoms with Crippen LogP contribution in [0.15, 0.2) is 42.9 Å². The van der Waals surface area contributed by atoms with E-state index in [4.69, 9.17) is 0 Å². The zero-order valence-corrected chi connectivity index (χ0v) is 15.8. The van der Waals surface area contributed by atoms with Gasteiger partial charge >= 0.3 is 0 Å². The van der Waals surface area contributed by atoms with Crippen molar-refractivity contribution in [3.05, 3.63) is 54.0 Å². The van der Waals surface area contributed by atoms with Crippen LogP contribution in [-0.2, 0) is 6.42 Å². The molecule has 1 aliphatic rings. The topological polar surface area (TPSA) is 49.3 Å². The molecule has 0 N–H and O–H groups in total. The highest BCUT2D eigenvalue weighted by Gasteiger charge is 2.22. The normalized spacial score (nSPS) is 17.2. The molecule has 2 aromatic rings. The molecule has 1 saturated heterocycles. The van der Waals surface area contributed by atoms with E-state index in [1.807, 2.05) is 31.3 Å². The molecule has 0 aliphatic carbocycles. The van der Waals surface area contributed by atoms with E-state index in [0.717, 1.165) is 25.2 Å². The molecule has 0 spiro atoms. The summed E-state index contributed by atoms with van der Waals surface area (Å²) in [4.78, 5) is 25.4. The van der Waals surface area contributed by atoms with Crippen molar-refractivity contribution in [1.82, 2.24) is 14.9 Å². The molecule has 0 radical (unpaired) electrons. The van der Waals surface area contributed by atoms with Gasteiger partial charge in [0.15, 0.2) is 0 Å². The second-order valence-electron chi connectivity index (χ2n) is 6.99. The molecule has 138 valence electrons. The monoisotopic (exact) mass is 352 g/mol. The quantitative estimate of drug-likeness (QED) is 0.798. The van der Waals surface area contributed by atoms with E-state index in [0.29, 0.717) is 18.2 Å². The fourth-order valence-corrected chi connectivity index (χ4v) is 3.58. The summed E-state index contributed by atoms with van der Waals surface area (Å²) in [6, 6.07) is 8.45. The van der Waals surface area contributed by atoms with Gasteiger partial charge in [0.1, 0.15) is 5.82 Å². The van der Waals surface area contributed by atoms with Gasteiger partial charge in [0.05, 0.1) is 5.56 Å². The molecule has 5 nitrogen and oxygen atoms in total. The number of carbonyl (C=O) groups excluding carboxylic acids is 1. The number of likely N-dealkylation sites (N-methyl/N-ethyl adjacent to an activating group) is 1. The molecule has 3 heterocycles. The lowest BCUT2D eigenvalue weighted by Gasteiger charge is -2.36. The molecule has 0 bridgehead atoms. The highest BCUT2D eigenvalue weighted by Crippen LogP contribution is 2.25. The molecular formula is C21H28N4O. The smallest absolute Gasteiger partial charge is 0.255 e.